The minimum atomic E-state index is -4.78. The number of benzene rings is 1. The lowest BCUT2D eigenvalue weighted by Gasteiger charge is -2.15. The van der Waals surface area contributed by atoms with Crippen molar-refractivity contribution in [1.82, 2.24) is 29.7 Å². The number of aryl methyl sites for hydroxylation is 2. The molecule has 0 bridgehead atoms. The number of imidazole rings is 1. The average molecular weight is 502 g/mol. The fourth-order valence-corrected chi connectivity index (χ4v) is 3.61. The number of alkyl halides is 3. The van der Waals surface area contributed by atoms with Crippen LogP contribution in [0.1, 0.15) is 11.1 Å². The Balaban J connectivity index is 1.72. The minimum absolute atomic E-state index is 0.0150. The van der Waals surface area contributed by atoms with Gasteiger partial charge in [-0.05, 0) is 30.3 Å². The van der Waals surface area contributed by atoms with Gasteiger partial charge in [-0.15, -0.1) is 0 Å². The average Bonchev–Trinajstić information content (AvgIpc) is 3.43. The number of hydrogen-bond donors (Lipinski definition) is 3. The lowest BCUT2D eigenvalue weighted by molar-refractivity contribution is -0.0961. The first-order chi connectivity index (χ1) is 17.1. The third-order valence-corrected chi connectivity index (χ3v) is 5.31. The van der Waals surface area contributed by atoms with E-state index in [9.17, 15) is 17.6 Å². The van der Waals surface area contributed by atoms with Crippen LogP contribution in [0.25, 0.3) is 28.3 Å². The highest BCUT2D eigenvalue weighted by Crippen LogP contribution is 2.34. The Kier molecular flexibility index (Phi) is 6.66. The third kappa shape index (κ3) is 5.00. The molecular weight excluding hydrogens is 480 g/mol. The van der Waals surface area contributed by atoms with Gasteiger partial charge in [-0.1, -0.05) is 0 Å². The van der Waals surface area contributed by atoms with Crippen LogP contribution in [0, 0.1) is 5.82 Å². The van der Waals surface area contributed by atoms with E-state index in [0.29, 0.717) is 17.0 Å². The second-order valence-corrected chi connectivity index (χ2v) is 7.87. The van der Waals surface area contributed by atoms with Gasteiger partial charge in [-0.25, -0.2) is 9.37 Å². The SMILES string of the molecule is Cn1cc(COc2cc(-c3c(-c4cc(/C(N)=C(/NN)C(F)(F)F)ccn4)ncn3C)ccc2F)cn1. The largest absolute Gasteiger partial charge is 0.486 e. The number of halogens is 4. The van der Waals surface area contributed by atoms with Crippen molar-refractivity contribution in [3.05, 3.63) is 77.9 Å². The van der Waals surface area contributed by atoms with Crippen LogP contribution in [-0.4, -0.2) is 30.5 Å². The van der Waals surface area contributed by atoms with E-state index in [1.54, 1.807) is 47.2 Å². The van der Waals surface area contributed by atoms with Crippen LogP contribution in [0.2, 0.25) is 0 Å². The van der Waals surface area contributed by atoms with Crippen molar-refractivity contribution in [3.8, 4) is 28.4 Å². The second-order valence-electron chi connectivity index (χ2n) is 7.87. The molecule has 4 aromatic rings. The number of nitrogens with zero attached hydrogens (tertiary/aromatic N) is 5. The fourth-order valence-electron chi connectivity index (χ4n) is 3.61. The molecule has 0 aliphatic carbocycles. The first-order valence-electron chi connectivity index (χ1n) is 10.5. The van der Waals surface area contributed by atoms with E-state index >= 15 is 0 Å². The van der Waals surface area contributed by atoms with Gasteiger partial charge in [0.05, 0.1) is 29.6 Å². The van der Waals surface area contributed by atoms with Crippen LogP contribution in [0.3, 0.4) is 0 Å². The van der Waals surface area contributed by atoms with Gasteiger partial charge in [-0.3, -0.25) is 15.5 Å². The molecule has 1 aromatic carbocycles. The predicted octanol–water partition coefficient (Wildman–Crippen LogP) is 3.25. The molecule has 0 fully saturated rings. The second kappa shape index (κ2) is 9.70. The molecule has 0 unspecified atom stereocenters. The number of ether oxygens (including phenoxy) is 1. The molecule has 0 spiro atoms. The first-order valence-corrected chi connectivity index (χ1v) is 10.5. The van der Waals surface area contributed by atoms with Gasteiger partial charge < -0.3 is 20.5 Å². The van der Waals surface area contributed by atoms with Crippen molar-refractivity contribution in [2.24, 2.45) is 25.7 Å². The number of rotatable bonds is 7. The molecule has 0 amide bonds. The molecule has 9 nitrogen and oxygen atoms in total. The van der Waals surface area contributed by atoms with Crippen LogP contribution >= 0.6 is 0 Å². The van der Waals surface area contributed by atoms with Crippen LogP contribution in [0.5, 0.6) is 5.75 Å². The van der Waals surface area contributed by atoms with Gasteiger partial charge in [0.2, 0.25) is 0 Å². The molecule has 0 aliphatic rings. The van der Waals surface area contributed by atoms with E-state index in [2.05, 4.69) is 15.1 Å². The molecule has 4 rings (SSSR count). The molecule has 13 heteroatoms. The number of hydrazine groups is 1. The van der Waals surface area contributed by atoms with E-state index in [1.807, 2.05) is 0 Å². The molecule has 0 saturated carbocycles. The summed E-state index contributed by atoms with van der Waals surface area (Å²) in [4.78, 5) is 8.62. The summed E-state index contributed by atoms with van der Waals surface area (Å²) in [5.41, 5.74) is 8.01. The Bertz CT molecular complexity index is 1420. The van der Waals surface area contributed by atoms with Crippen molar-refractivity contribution < 1.29 is 22.3 Å². The van der Waals surface area contributed by atoms with Gasteiger partial charge in [0.1, 0.15) is 12.3 Å². The summed E-state index contributed by atoms with van der Waals surface area (Å²) in [7, 11) is 3.49. The van der Waals surface area contributed by atoms with Crippen molar-refractivity contribution in [3.63, 3.8) is 0 Å². The van der Waals surface area contributed by atoms with Crippen molar-refractivity contribution in [2.75, 3.05) is 0 Å². The number of pyridine rings is 1. The highest BCUT2D eigenvalue weighted by molar-refractivity contribution is 5.79. The Hall–Kier alpha value is -4.39. The summed E-state index contributed by atoms with van der Waals surface area (Å²) in [5, 5.41) is 4.05. The summed E-state index contributed by atoms with van der Waals surface area (Å²) in [6.45, 7) is 0.110. The van der Waals surface area contributed by atoms with Crippen molar-refractivity contribution >= 4 is 5.70 Å². The normalized spacial score (nSPS) is 12.4. The monoisotopic (exact) mass is 502 g/mol. The molecule has 5 N–H and O–H groups in total. The topological polar surface area (TPSA) is 122 Å². The van der Waals surface area contributed by atoms with Crippen LogP contribution in [-0.2, 0) is 20.7 Å². The summed E-state index contributed by atoms with van der Waals surface area (Å²) in [6, 6.07) is 7.02. The zero-order chi connectivity index (χ0) is 26.0. The number of allylic oxidation sites excluding steroid dienone is 1. The van der Waals surface area contributed by atoms with Crippen LogP contribution in [0.15, 0.2) is 60.9 Å². The van der Waals surface area contributed by atoms with E-state index < -0.39 is 23.4 Å². The Morgan fingerprint density at radius 3 is 2.58 bits per heavy atom. The van der Waals surface area contributed by atoms with Crippen molar-refractivity contribution in [2.45, 2.75) is 12.8 Å². The minimum Gasteiger partial charge on any atom is -0.486 e. The molecule has 188 valence electrons. The zero-order valence-electron chi connectivity index (χ0n) is 19.2. The molecule has 0 radical (unpaired) electrons. The molecule has 3 heterocycles. The number of hydrogen-bond acceptors (Lipinski definition) is 7. The van der Waals surface area contributed by atoms with Crippen LogP contribution in [0.4, 0.5) is 17.6 Å². The van der Waals surface area contributed by atoms with Gasteiger partial charge in [-0.2, -0.15) is 18.3 Å². The fraction of sp³-hybridized carbons (Fsp3) is 0.174. The van der Waals surface area contributed by atoms with E-state index in [-0.39, 0.29) is 23.6 Å². The van der Waals surface area contributed by atoms with E-state index in [1.165, 1.54) is 36.8 Å². The van der Waals surface area contributed by atoms with Gasteiger partial charge >= 0.3 is 6.18 Å². The summed E-state index contributed by atoms with van der Waals surface area (Å²) in [6.07, 6.45) is 1.42. The van der Waals surface area contributed by atoms with Crippen LogP contribution < -0.4 is 21.7 Å². The smallest absolute Gasteiger partial charge is 0.434 e. The maximum absolute atomic E-state index is 14.5. The Morgan fingerprint density at radius 2 is 1.92 bits per heavy atom. The molecule has 0 atom stereocenters. The summed E-state index contributed by atoms with van der Waals surface area (Å²) >= 11 is 0. The Labute approximate surface area is 203 Å². The highest BCUT2D eigenvalue weighted by atomic mass is 19.4. The van der Waals surface area contributed by atoms with Gasteiger partial charge in [0, 0.05) is 43.2 Å². The third-order valence-electron chi connectivity index (χ3n) is 5.31. The molecular formula is C23H22F4N8O. The maximum atomic E-state index is 14.5. The standard InChI is InChI=1S/C23H22F4N8O/c1-34-12-31-20(17-7-14(5-6-30-17)19(28)22(33-29)23(25,26)27)21(34)15-3-4-16(24)18(8-15)36-11-13-9-32-35(2)10-13/h3-10,12,33H,11,28-29H2,1-2H3/b22-19-. The Morgan fingerprint density at radius 1 is 1.14 bits per heavy atom. The first kappa shape index (κ1) is 24.7. The quantitative estimate of drug-likeness (QED) is 0.201. The van der Waals surface area contributed by atoms with E-state index in [4.69, 9.17) is 16.3 Å². The molecule has 36 heavy (non-hydrogen) atoms. The number of aromatic nitrogens is 5. The number of nitrogens with one attached hydrogen (secondary N) is 1. The maximum Gasteiger partial charge on any atom is 0.434 e. The summed E-state index contributed by atoms with van der Waals surface area (Å²) in [5.74, 6) is 4.51. The predicted molar refractivity (Wildman–Crippen MR) is 124 cm³/mol. The highest BCUT2D eigenvalue weighted by Gasteiger charge is 2.36. The van der Waals surface area contributed by atoms with Crippen molar-refractivity contribution in [1.29, 1.82) is 0 Å². The van der Waals surface area contributed by atoms with Gasteiger partial charge in [0.15, 0.2) is 17.3 Å². The number of nitrogens with two attached hydrogens (primary N) is 2. The summed E-state index contributed by atoms with van der Waals surface area (Å²) < 4.78 is 63.2. The molecule has 3 aromatic heterocycles. The molecule has 0 aliphatic heterocycles. The molecule has 0 saturated heterocycles. The zero-order valence-corrected chi connectivity index (χ0v) is 19.2. The van der Waals surface area contributed by atoms with E-state index in [0.717, 1.165) is 5.56 Å². The van der Waals surface area contributed by atoms with Gasteiger partial charge in [0.25, 0.3) is 0 Å². The lowest BCUT2D eigenvalue weighted by Crippen LogP contribution is -2.34. The lowest BCUT2D eigenvalue weighted by atomic mass is 10.0.